The minimum absolute atomic E-state index is 0. The molecule has 0 aromatic heterocycles. The summed E-state index contributed by atoms with van der Waals surface area (Å²) in [6, 6.07) is 0. The van der Waals surface area contributed by atoms with Gasteiger partial charge in [0.2, 0.25) is 0 Å². The average molecular weight is 268 g/mol. The number of hydrogen-bond acceptors (Lipinski definition) is 3. The standard InChI is InChI=1S/C6H15N.C2H4O2.Ag/c1-4-7(5-2)6-3;1-2(3)4;/h4-6H2,1-3H3;1H3,(H,3,4);/q;;+1/p-1. The molecular formula is C8H18AgNO2. The first kappa shape index (κ1) is 18.1. The third-order valence-corrected chi connectivity index (χ3v) is 1.34. The first-order chi connectivity index (χ1) is 5.08. The third-order valence-electron chi connectivity index (χ3n) is 1.34. The molecule has 0 rings (SSSR count). The van der Waals surface area contributed by atoms with Gasteiger partial charge in [0.15, 0.2) is 0 Å². The number of hydrogen-bond donors (Lipinski definition) is 0. The van der Waals surface area contributed by atoms with Crippen LogP contribution in [0, 0.1) is 0 Å². The van der Waals surface area contributed by atoms with Crippen LogP contribution in [0.4, 0.5) is 0 Å². The van der Waals surface area contributed by atoms with Gasteiger partial charge in [0, 0.05) is 5.97 Å². The molecule has 4 heteroatoms. The number of aliphatic carboxylic acids is 1. The van der Waals surface area contributed by atoms with Gasteiger partial charge in [-0.2, -0.15) is 0 Å². The molecule has 0 atom stereocenters. The van der Waals surface area contributed by atoms with Gasteiger partial charge in [-0.15, -0.1) is 0 Å². The molecule has 0 heterocycles. The topological polar surface area (TPSA) is 43.4 Å². The molecule has 0 aliphatic heterocycles. The molecule has 0 spiro atoms. The van der Waals surface area contributed by atoms with Crippen LogP contribution >= 0.6 is 0 Å². The van der Waals surface area contributed by atoms with Crippen LogP contribution in [-0.4, -0.2) is 30.5 Å². The molecule has 0 amide bonds. The maximum atomic E-state index is 8.89. The SMILES string of the molecule is CC(=O)[O-].CCN(CC)CC.[Ag+]. The number of carboxylic acid groups (broad SMARTS) is 1. The predicted octanol–water partition coefficient (Wildman–Crippen LogP) is 0.102. The van der Waals surface area contributed by atoms with Crippen LogP contribution in [0.1, 0.15) is 27.7 Å². The quantitative estimate of drug-likeness (QED) is 0.682. The Balaban J connectivity index is -0.000000142. The smallest absolute Gasteiger partial charge is 0.550 e. The van der Waals surface area contributed by atoms with Crippen molar-refractivity contribution in [3.63, 3.8) is 0 Å². The van der Waals surface area contributed by atoms with Gasteiger partial charge in [-0.05, 0) is 26.6 Å². The second-order valence-corrected chi connectivity index (χ2v) is 2.11. The molecule has 0 aliphatic rings. The summed E-state index contributed by atoms with van der Waals surface area (Å²) in [6.07, 6.45) is 0. The molecule has 0 saturated carbocycles. The van der Waals surface area contributed by atoms with E-state index in [4.69, 9.17) is 9.90 Å². The summed E-state index contributed by atoms with van der Waals surface area (Å²) in [5, 5.41) is 8.89. The van der Waals surface area contributed by atoms with E-state index in [2.05, 4.69) is 25.7 Å². The summed E-state index contributed by atoms with van der Waals surface area (Å²) in [5.74, 6) is -1.08. The van der Waals surface area contributed by atoms with Crippen LogP contribution in [0.5, 0.6) is 0 Å². The van der Waals surface area contributed by atoms with Crippen molar-refractivity contribution in [2.75, 3.05) is 19.6 Å². The second-order valence-electron chi connectivity index (χ2n) is 2.11. The van der Waals surface area contributed by atoms with Gasteiger partial charge < -0.3 is 14.8 Å². The van der Waals surface area contributed by atoms with Crippen LogP contribution in [0.25, 0.3) is 0 Å². The molecule has 0 aromatic rings. The Morgan fingerprint density at radius 3 is 1.33 bits per heavy atom. The molecule has 0 aromatic carbocycles. The molecule has 0 saturated heterocycles. The number of carbonyl (C=O) groups excluding carboxylic acids is 1. The van der Waals surface area contributed by atoms with E-state index in [1.54, 1.807) is 0 Å². The summed E-state index contributed by atoms with van der Waals surface area (Å²) in [4.78, 5) is 11.3. The maximum absolute atomic E-state index is 8.89. The van der Waals surface area contributed by atoms with Crippen molar-refractivity contribution >= 4 is 5.97 Å². The Bertz CT molecular complexity index is 85.5. The summed E-state index contributed by atoms with van der Waals surface area (Å²) in [7, 11) is 0. The number of rotatable bonds is 3. The fraction of sp³-hybridized carbons (Fsp3) is 0.875. The van der Waals surface area contributed by atoms with Crippen molar-refractivity contribution in [2.24, 2.45) is 0 Å². The number of carbonyl (C=O) groups is 1. The van der Waals surface area contributed by atoms with E-state index in [1.165, 1.54) is 19.6 Å². The van der Waals surface area contributed by atoms with Crippen molar-refractivity contribution in [3.05, 3.63) is 0 Å². The second kappa shape index (κ2) is 13.7. The predicted molar refractivity (Wildman–Crippen MR) is 44.1 cm³/mol. The summed E-state index contributed by atoms with van der Waals surface area (Å²) in [5.41, 5.74) is 0. The normalized spacial score (nSPS) is 8.08. The van der Waals surface area contributed by atoms with Crippen molar-refractivity contribution in [2.45, 2.75) is 27.7 Å². The number of carboxylic acids is 1. The fourth-order valence-electron chi connectivity index (χ4n) is 0.671. The van der Waals surface area contributed by atoms with Gasteiger partial charge in [-0.3, -0.25) is 0 Å². The van der Waals surface area contributed by atoms with Crippen molar-refractivity contribution < 1.29 is 32.3 Å². The van der Waals surface area contributed by atoms with Crippen LogP contribution in [-0.2, 0) is 27.2 Å². The monoisotopic (exact) mass is 267 g/mol. The van der Waals surface area contributed by atoms with E-state index in [1.807, 2.05) is 0 Å². The largest absolute Gasteiger partial charge is 1.00 e. The zero-order valence-electron chi connectivity index (χ0n) is 8.19. The maximum Gasteiger partial charge on any atom is 1.00 e. The zero-order valence-corrected chi connectivity index (χ0v) is 9.67. The Hall–Kier alpha value is 0.170. The Morgan fingerprint density at radius 1 is 1.17 bits per heavy atom. The van der Waals surface area contributed by atoms with E-state index in [-0.39, 0.29) is 22.4 Å². The van der Waals surface area contributed by atoms with Gasteiger partial charge in [-0.25, -0.2) is 0 Å². The Morgan fingerprint density at radius 2 is 1.33 bits per heavy atom. The first-order valence-corrected chi connectivity index (χ1v) is 3.98. The summed E-state index contributed by atoms with van der Waals surface area (Å²) < 4.78 is 0. The van der Waals surface area contributed by atoms with Crippen molar-refractivity contribution in [1.29, 1.82) is 0 Å². The summed E-state index contributed by atoms with van der Waals surface area (Å²) in [6.45, 7) is 11.1. The van der Waals surface area contributed by atoms with Crippen LogP contribution in [0.3, 0.4) is 0 Å². The Kier molecular flexibility index (Phi) is 20.7. The minimum atomic E-state index is -1.08. The van der Waals surface area contributed by atoms with Crippen LogP contribution in [0.15, 0.2) is 0 Å². The molecule has 0 fully saturated rings. The Labute approximate surface area is 90.6 Å². The minimum Gasteiger partial charge on any atom is -0.550 e. The van der Waals surface area contributed by atoms with Gasteiger partial charge in [-0.1, -0.05) is 20.8 Å². The van der Waals surface area contributed by atoms with Gasteiger partial charge in [0.25, 0.3) is 0 Å². The summed E-state index contributed by atoms with van der Waals surface area (Å²) >= 11 is 0. The molecule has 0 aliphatic carbocycles. The van der Waals surface area contributed by atoms with Gasteiger partial charge >= 0.3 is 22.4 Å². The molecule has 12 heavy (non-hydrogen) atoms. The number of nitrogens with zero attached hydrogens (tertiary/aromatic N) is 1. The van der Waals surface area contributed by atoms with Gasteiger partial charge in [0.05, 0.1) is 0 Å². The molecule has 0 N–H and O–H groups in total. The third kappa shape index (κ3) is 22.5. The molecule has 3 nitrogen and oxygen atoms in total. The van der Waals surface area contributed by atoms with E-state index in [9.17, 15) is 0 Å². The molecule has 0 unspecified atom stereocenters. The zero-order chi connectivity index (χ0) is 9.28. The van der Waals surface area contributed by atoms with Crippen LogP contribution in [0.2, 0.25) is 0 Å². The molecule has 0 radical (unpaired) electrons. The van der Waals surface area contributed by atoms with E-state index in [0.29, 0.717) is 0 Å². The van der Waals surface area contributed by atoms with Gasteiger partial charge in [0.1, 0.15) is 0 Å². The molecule has 78 valence electrons. The van der Waals surface area contributed by atoms with Crippen molar-refractivity contribution in [3.8, 4) is 0 Å². The molecular weight excluding hydrogens is 250 g/mol. The van der Waals surface area contributed by atoms with E-state index in [0.717, 1.165) is 6.92 Å². The van der Waals surface area contributed by atoms with Crippen molar-refractivity contribution in [1.82, 2.24) is 4.90 Å². The van der Waals surface area contributed by atoms with E-state index < -0.39 is 5.97 Å². The fourth-order valence-corrected chi connectivity index (χ4v) is 0.671. The van der Waals surface area contributed by atoms with Crippen LogP contribution < -0.4 is 5.11 Å². The first-order valence-electron chi connectivity index (χ1n) is 3.98. The average Bonchev–Trinajstić information content (AvgIpc) is 1.90. The van der Waals surface area contributed by atoms with E-state index >= 15 is 0 Å². The molecule has 0 bridgehead atoms.